The monoisotopic (exact) mass is 370 g/mol. The molecule has 1 heterocycles. The van der Waals surface area contributed by atoms with E-state index in [-0.39, 0.29) is 0 Å². The molecule has 0 fully saturated rings. The maximum absolute atomic E-state index is 12.5. The number of nitrogens with one attached hydrogen (secondary N) is 2. The number of nitrogens with zero attached hydrogens (tertiary/aromatic N) is 2. The van der Waals surface area contributed by atoms with Gasteiger partial charge in [-0.15, -0.1) is 11.3 Å². The molecule has 25 heavy (non-hydrogen) atoms. The summed E-state index contributed by atoms with van der Waals surface area (Å²) in [7, 11) is 1.65. The predicted molar refractivity (Wildman–Crippen MR) is 94.9 cm³/mol. The second kappa shape index (κ2) is 8.33. The molecule has 0 saturated carbocycles. The summed E-state index contributed by atoms with van der Waals surface area (Å²) in [6.07, 6.45) is -3.52. The molecular formula is C17H21F3N4S. The van der Waals surface area contributed by atoms with E-state index < -0.39 is 11.7 Å². The van der Waals surface area contributed by atoms with Gasteiger partial charge in [0.15, 0.2) is 5.96 Å². The lowest BCUT2D eigenvalue weighted by atomic mass is 10.1. The zero-order valence-electron chi connectivity index (χ0n) is 14.4. The Morgan fingerprint density at radius 1 is 1.16 bits per heavy atom. The summed E-state index contributed by atoms with van der Waals surface area (Å²) < 4.78 is 37.6. The van der Waals surface area contributed by atoms with Crippen LogP contribution in [0.15, 0.2) is 29.3 Å². The minimum absolute atomic E-state index is 0.396. The molecule has 0 saturated heterocycles. The molecule has 2 aromatic rings. The highest BCUT2D eigenvalue weighted by Gasteiger charge is 2.29. The van der Waals surface area contributed by atoms with Gasteiger partial charge in [-0.25, -0.2) is 4.98 Å². The van der Waals surface area contributed by atoms with Crippen molar-refractivity contribution in [2.24, 2.45) is 4.99 Å². The zero-order valence-corrected chi connectivity index (χ0v) is 15.2. The third-order valence-electron chi connectivity index (χ3n) is 3.67. The molecule has 0 aliphatic carbocycles. The Hall–Kier alpha value is -2.09. The molecule has 0 radical (unpaired) electrons. The predicted octanol–water partition coefficient (Wildman–Crippen LogP) is 3.69. The highest BCUT2D eigenvalue weighted by Crippen LogP contribution is 2.29. The molecule has 4 nitrogen and oxygen atoms in total. The second-order valence-electron chi connectivity index (χ2n) is 5.55. The quantitative estimate of drug-likeness (QED) is 0.623. The fourth-order valence-corrected chi connectivity index (χ4v) is 3.09. The van der Waals surface area contributed by atoms with E-state index in [4.69, 9.17) is 0 Å². The van der Waals surface area contributed by atoms with Gasteiger partial charge in [0.2, 0.25) is 0 Å². The molecule has 0 amide bonds. The Balaban J connectivity index is 1.80. The second-order valence-corrected chi connectivity index (χ2v) is 6.83. The topological polar surface area (TPSA) is 49.3 Å². The lowest BCUT2D eigenvalue weighted by molar-refractivity contribution is -0.137. The van der Waals surface area contributed by atoms with Gasteiger partial charge in [-0.3, -0.25) is 4.99 Å². The summed E-state index contributed by atoms with van der Waals surface area (Å²) in [5.41, 5.74) is 1.17. The van der Waals surface area contributed by atoms with E-state index in [2.05, 4.69) is 27.5 Å². The first-order valence-electron chi connectivity index (χ1n) is 7.83. The number of alkyl halides is 3. The molecule has 0 bridgehead atoms. The summed E-state index contributed by atoms with van der Waals surface area (Å²) in [4.78, 5) is 9.81. The van der Waals surface area contributed by atoms with Crippen molar-refractivity contribution in [1.29, 1.82) is 0 Å². The molecular weight excluding hydrogens is 349 g/mol. The SMILES string of the molecule is CN=C(NCCc1nc(C)c(C)s1)NCc1ccc(C(F)(F)F)cc1. The van der Waals surface area contributed by atoms with Gasteiger partial charge in [-0.05, 0) is 31.5 Å². The van der Waals surface area contributed by atoms with Gasteiger partial charge in [-0.1, -0.05) is 12.1 Å². The third kappa shape index (κ3) is 5.74. The van der Waals surface area contributed by atoms with Crippen LogP contribution >= 0.6 is 11.3 Å². The summed E-state index contributed by atoms with van der Waals surface area (Å²) in [6, 6.07) is 5.09. The van der Waals surface area contributed by atoms with Crippen molar-refractivity contribution in [2.45, 2.75) is 33.0 Å². The van der Waals surface area contributed by atoms with Gasteiger partial charge in [0.05, 0.1) is 16.3 Å². The molecule has 0 aliphatic heterocycles. The number of benzene rings is 1. The van der Waals surface area contributed by atoms with E-state index in [0.29, 0.717) is 19.0 Å². The van der Waals surface area contributed by atoms with Crippen molar-refractivity contribution in [1.82, 2.24) is 15.6 Å². The van der Waals surface area contributed by atoms with Crippen LogP contribution in [-0.2, 0) is 19.1 Å². The van der Waals surface area contributed by atoms with Crippen LogP contribution in [0.25, 0.3) is 0 Å². The number of guanidine groups is 1. The van der Waals surface area contributed by atoms with Crippen LogP contribution in [0.2, 0.25) is 0 Å². The first-order chi connectivity index (χ1) is 11.8. The number of rotatable bonds is 5. The van der Waals surface area contributed by atoms with Crippen molar-refractivity contribution in [2.75, 3.05) is 13.6 Å². The summed E-state index contributed by atoms with van der Waals surface area (Å²) in [6.45, 7) is 5.12. The maximum Gasteiger partial charge on any atom is 0.416 e. The molecule has 2 rings (SSSR count). The first kappa shape index (κ1) is 19.2. The van der Waals surface area contributed by atoms with Crippen LogP contribution in [0.3, 0.4) is 0 Å². The summed E-state index contributed by atoms with van der Waals surface area (Å²) >= 11 is 1.68. The van der Waals surface area contributed by atoms with E-state index in [9.17, 15) is 13.2 Å². The normalized spacial score (nSPS) is 12.3. The fourth-order valence-electron chi connectivity index (χ4n) is 2.15. The van der Waals surface area contributed by atoms with Crippen molar-refractivity contribution in [3.05, 3.63) is 51.0 Å². The first-order valence-corrected chi connectivity index (χ1v) is 8.65. The largest absolute Gasteiger partial charge is 0.416 e. The Bertz CT molecular complexity index is 701. The highest BCUT2D eigenvalue weighted by atomic mass is 32.1. The van der Waals surface area contributed by atoms with Crippen LogP contribution in [-0.4, -0.2) is 24.5 Å². The zero-order chi connectivity index (χ0) is 18.4. The molecule has 0 unspecified atom stereocenters. The van der Waals surface area contributed by atoms with Crippen molar-refractivity contribution in [3.63, 3.8) is 0 Å². The molecule has 1 aromatic carbocycles. The number of aliphatic imine (C=N–C) groups is 1. The Morgan fingerprint density at radius 2 is 1.84 bits per heavy atom. The maximum atomic E-state index is 12.5. The van der Waals surface area contributed by atoms with Gasteiger partial charge in [0.1, 0.15) is 0 Å². The van der Waals surface area contributed by atoms with E-state index in [0.717, 1.165) is 34.8 Å². The number of hydrogen-bond acceptors (Lipinski definition) is 3. The van der Waals surface area contributed by atoms with Gasteiger partial charge in [0, 0.05) is 31.4 Å². The number of aromatic nitrogens is 1. The minimum atomic E-state index is -4.31. The Labute approximate surface area is 149 Å². The molecule has 1 aromatic heterocycles. The number of thiazole rings is 1. The molecule has 0 spiro atoms. The minimum Gasteiger partial charge on any atom is -0.356 e. The number of aryl methyl sites for hydroxylation is 2. The van der Waals surface area contributed by atoms with Crippen LogP contribution in [0.4, 0.5) is 13.2 Å². The summed E-state index contributed by atoms with van der Waals surface area (Å²) in [5, 5.41) is 7.34. The van der Waals surface area contributed by atoms with E-state index >= 15 is 0 Å². The van der Waals surface area contributed by atoms with E-state index in [1.165, 1.54) is 17.0 Å². The Kier molecular flexibility index (Phi) is 6.41. The van der Waals surface area contributed by atoms with Gasteiger partial charge in [-0.2, -0.15) is 13.2 Å². The molecule has 8 heteroatoms. The highest BCUT2D eigenvalue weighted by molar-refractivity contribution is 7.11. The van der Waals surface area contributed by atoms with Gasteiger partial charge < -0.3 is 10.6 Å². The lowest BCUT2D eigenvalue weighted by Gasteiger charge is -2.12. The Morgan fingerprint density at radius 3 is 2.36 bits per heavy atom. The van der Waals surface area contributed by atoms with Crippen LogP contribution in [0, 0.1) is 13.8 Å². The van der Waals surface area contributed by atoms with Gasteiger partial charge in [0.25, 0.3) is 0 Å². The standard InChI is InChI=1S/C17H21F3N4S/c1-11-12(2)25-15(24-11)8-9-22-16(21-3)23-10-13-4-6-14(7-5-13)17(18,19)20/h4-7H,8-10H2,1-3H3,(H2,21,22,23). The molecule has 136 valence electrons. The van der Waals surface area contributed by atoms with Crippen molar-refractivity contribution < 1.29 is 13.2 Å². The fraction of sp³-hybridized carbons (Fsp3) is 0.412. The van der Waals surface area contributed by atoms with Gasteiger partial charge >= 0.3 is 6.18 Å². The van der Waals surface area contributed by atoms with Crippen LogP contribution in [0.1, 0.15) is 26.7 Å². The molecule has 0 atom stereocenters. The smallest absolute Gasteiger partial charge is 0.356 e. The van der Waals surface area contributed by atoms with Crippen LogP contribution in [0.5, 0.6) is 0 Å². The van der Waals surface area contributed by atoms with E-state index in [1.54, 1.807) is 18.4 Å². The molecule has 0 aliphatic rings. The summed E-state index contributed by atoms with van der Waals surface area (Å²) in [5.74, 6) is 0.602. The number of halogens is 3. The third-order valence-corrected chi connectivity index (χ3v) is 4.80. The van der Waals surface area contributed by atoms with E-state index in [1.807, 2.05) is 6.92 Å². The number of hydrogen-bond donors (Lipinski definition) is 2. The lowest BCUT2D eigenvalue weighted by Crippen LogP contribution is -2.37. The average molecular weight is 370 g/mol. The van der Waals surface area contributed by atoms with Crippen molar-refractivity contribution in [3.8, 4) is 0 Å². The van der Waals surface area contributed by atoms with Crippen molar-refractivity contribution >= 4 is 17.3 Å². The average Bonchev–Trinajstić information content (AvgIpc) is 2.88. The van der Waals surface area contributed by atoms with Crippen LogP contribution < -0.4 is 10.6 Å². The molecule has 2 N–H and O–H groups in total.